The van der Waals surface area contributed by atoms with Crippen LogP contribution in [-0.4, -0.2) is 31.3 Å². The second-order valence-electron chi connectivity index (χ2n) is 7.35. The predicted molar refractivity (Wildman–Crippen MR) is 112 cm³/mol. The Hall–Kier alpha value is -3.32. The number of ether oxygens (including phenoxy) is 1. The van der Waals surface area contributed by atoms with Gasteiger partial charge in [-0.05, 0) is 62.1 Å². The van der Waals surface area contributed by atoms with Crippen LogP contribution in [0.3, 0.4) is 0 Å². The van der Waals surface area contributed by atoms with Gasteiger partial charge in [-0.15, -0.1) is 0 Å². The SMILES string of the molecule is Cc1ccncc1-c1cc(N)c2nc(-c3ccn(C4CCCCO4)n3)ccc2n1. The molecular weight excluding hydrogens is 364 g/mol. The highest BCUT2D eigenvalue weighted by Crippen LogP contribution is 2.29. The van der Waals surface area contributed by atoms with Gasteiger partial charge >= 0.3 is 0 Å². The molecule has 4 aromatic heterocycles. The molecule has 1 fully saturated rings. The largest absolute Gasteiger partial charge is 0.397 e. The van der Waals surface area contributed by atoms with Gasteiger partial charge < -0.3 is 10.5 Å². The van der Waals surface area contributed by atoms with Crippen molar-refractivity contribution in [3.05, 3.63) is 54.5 Å². The fourth-order valence-electron chi connectivity index (χ4n) is 3.71. The van der Waals surface area contributed by atoms with Gasteiger partial charge in [-0.25, -0.2) is 14.6 Å². The third kappa shape index (κ3) is 3.34. The number of hydrogen-bond acceptors (Lipinski definition) is 6. The zero-order valence-electron chi connectivity index (χ0n) is 16.2. The Morgan fingerprint density at radius 1 is 1.07 bits per heavy atom. The molecule has 146 valence electrons. The highest BCUT2D eigenvalue weighted by atomic mass is 16.5. The Morgan fingerprint density at radius 3 is 2.83 bits per heavy atom. The first kappa shape index (κ1) is 17.8. The van der Waals surface area contributed by atoms with Gasteiger partial charge in [-0.1, -0.05) is 0 Å². The fraction of sp³-hybridized carbons (Fsp3) is 0.273. The molecule has 1 unspecified atom stereocenters. The molecule has 4 aromatic rings. The van der Waals surface area contributed by atoms with E-state index in [0.29, 0.717) is 11.2 Å². The Balaban J connectivity index is 1.51. The molecule has 1 aliphatic heterocycles. The minimum atomic E-state index is 0.00923. The van der Waals surface area contributed by atoms with E-state index in [1.807, 2.05) is 54.3 Å². The summed E-state index contributed by atoms with van der Waals surface area (Å²) in [5, 5.41) is 4.68. The average molecular weight is 386 g/mol. The number of anilines is 1. The summed E-state index contributed by atoms with van der Waals surface area (Å²) in [4.78, 5) is 13.7. The lowest BCUT2D eigenvalue weighted by Crippen LogP contribution is -2.18. The molecule has 1 saturated heterocycles. The number of pyridine rings is 3. The molecule has 1 aliphatic rings. The maximum atomic E-state index is 6.35. The zero-order chi connectivity index (χ0) is 19.8. The van der Waals surface area contributed by atoms with Gasteiger partial charge in [0.2, 0.25) is 0 Å². The van der Waals surface area contributed by atoms with E-state index in [2.05, 4.69) is 10.1 Å². The van der Waals surface area contributed by atoms with E-state index in [4.69, 9.17) is 20.4 Å². The van der Waals surface area contributed by atoms with E-state index in [9.17, 15) is 0 Å². The Morgan fingerprint density at radius 2 is 2.00 bits per heavy atom. The summed E-state index contributed by atoms with van der Waals surface area (Å²) in [6, 6.07) is 9.66. The molecule has 0 saturated carbocycles. The maximum absolute atomic E-state index is 6.35. The van der Waals surface area contributed by atoms with E-state index < -0.39 is 0 Å². The minimum Gasteiger partial charge on any atom is -0.397 e. The monoisotopic (exact) mass is 386 g/mol. The third-order valence-corrected chi connectivity index (χ3v) is 5.32. The van der Waals surface area contributed by atoms with E-state index in [1.165, 1.54) is 0 Å². The van der Waals surface area contributed by atoms with E-state index in [-0.39, 0.29) is 6.23 Å². The van der Waals surface area contributed by atoms with Crippen molar-refractivity contribution in [3.8, 4) is 22.6 Å². The van der Waals surface area contributed by atoms with Crippen molar-refractivity contribution in [3.63, 3.8) is 0 Å². The molecule has 29 heavy (non-hydrogen) atoms. The van der Waals surface area contributed by atoms with Crippen LogP contribution in [0.1, 0.15) is 31.1 Å². The molecule has 7 nitrogen and oxygen atoms in total. The number of nitrogens with zero attached hydrogens (tertiary/aromatic N) is 5. The highest BCUT2D eigenvalue weighted by molar-refractivity contribution is 5.90. The quantitative estimate of drug-likeness (QED) is 0.569. The molecule has 0 radical (unpaired) electrons. The summed E-state index contributed by atoms with van der Waals surface area (Å²) in [7, 11) is 0. The second-order valence-corrected chi connectivity index (χ2v) is 7.35. The van der Waals surface area contributed by atoms with Crippen LogP contribution in [0.15, 0.2) is 48.9 Å². The van der Waals surface area contributed by atoms with Gasteiger partial charge in [0.25, 0.3) is 0 Å². The van der Waals surface area contributed by atoms with Crippen LogP contribution in [0.2, 0.25) is 0 Å². The van der Waals surface area contributed by atoms with Crippen LogP contribution in [0.5, 0.6) is 0 Å². The molecule has 5 heterocycles. The van der Waals surface area contributed by atoms with Gasteiger partial charge in [0.05, 0.1) is 22.6 Å². The number of aryl methyl sites for hydroxylation is 1. The lowest BCUT2D eigenvalue weighted by atomic mass is 10.1. The van der Waals surface area contributed by atoms with Crippen molar-refractivity contribution in [2.75, 3.05) is 12.3 Å². The number of fused-ring (bicyclic) bond motifs is 1. The van der Waals surface area contributed by atoms with Crippen molar-refractivity contribution in [1.29, 1.82) is 0 Å². The normalized spacial score (nSPS) is 16.9. The van der Waals surface area contributed by atoms with E-state index >= 15 is 0 Å². The van der Waals surface area contributed by atoms with Gasteiger partial charge in [0.15, 0.2) is 0 Å². The summed E-state index contributed by atoms with van der Waals surface area (Å²) in [5.74, 6) is 0. The number of nitrogen functional groups attached to an aromatic ring is 1. The number of aromatic nitrogens is 5. The molecule has 0 bridgehead atoms. The molecule has 0 aromatic carbocycles. The maximum Gasteiger partial charge on any atom is 0.150 e. The topological polar surface area (TPSA) is 91.7 Å². The lowest BCUT2D eigenvalue weighted by Gasteiger charge is -2.22. The summed E-state index contributed by atoms with van der Waals surface area (Å²) >= 11 is 0. The van der Waals surface area contributed by atoms with Gasteiger partial charge in [-0.3, -0.25) is 4.98 Å². The first-order chi connectivity index (χ1) is 14.2. The van der Waals surface area contributed by atoms with Gasteiger partial charge in [0.1, 0.15) is 17.4 Å². The van der Waals surface area contributed by atoms with Crippen LogP contribution in [-0.2, 0) is 4.74 Å². The first-order valence-corrected chi connectivity index (χ1v) is 9.84. The molecule has 0 aliphatic carbocycles. The van der Waals surface area contributed by atoms with Crippen LogP contribution in [0.4, 0.5) is 5.69 Å². The van der Waals surface area contributed by atoms with Crippen molar-refractivity contribution in [2.45, 2.75) is 32.4 Å². The smallest absolute Gasteiger partial charge is 0.150 e. The van der Waals surface area contributed by atoms with E-state index in [0.717, 1.165) is 59.6 Å². The van der Waals surface area contributed by atoms with Crippen molar-refractivity contribution < 1.29 is 4.74 Å². The number of hydrogen-bond donors (Lipinski definition) is 1. The fourth-order valence-corrected chi connectivity index (χ4v) is 3.71. The average Bonchev–Trinajstić information content (AvgIpc) is 3.25. The molecule has 1 atom stereocenters. The third-order valence-electron chi connectivity index (χ3n) is 5.32. The molecule has 5 rings (SSSR count). The van der Waals surface area contributed by atoms with Gasteiger partial charge in [0, 0.05) is 30.8 Å². The van der Waals surface area contributed by atoms with E-state index in [1.54, 1.807) is 6.20 Å². The Kier molecular flexibility index (Phi) is 4.44. The predicted octanol–water partition coefficient (Wildman–Crippen LogP) is 4.15. The summed E-state index contributed by atoms with van der Waals surface area (Å²) < 4.78 is 7.70. The highest BCUT2D eigenvalue weighted by Gasteiger charge is 2.17. The van der Waals surface area contributed by atoms with Crippen LogP contribution >= 0.6 is 0 Å². The molecular formula is C22H22N6O. The number of nitrogens with two attached hydrogens (primary N) is 1. The van der Waals surface area contributed by atoms with Gasteiger partial charge in [-0.2, -0.15) is 5.10 Å². The molecule has 2 N–H and O–H groups in total. The van der Waals surface area contributed by atoms with Crippen LogP contribution < -0.4 is 5.73 Å². The lowest BCUT2D eigenvalue weighted by molar-refractivity contribution is -0.0393. The Labute approximate surface area is 168 Å². The second kappa shape index (κ2) is 7.25. The zero-order valence-corrected chi connectivity index (χ0v) is 16.2. The molecule has 0 amide bonds. The van der Waals surface area contributed by atoms with Crippen molar-refractivity contribution in [1.82, 2.24) is 24.7 Å². The van der Waals surface area contributed by atoms with Crippen LogP contribution in [0.25, 0.3) is 33.7 Å². The minimum absolute atomic E-state index is 0.00923. The molecule has 0 spiro atoms. The molecule has 7 heteroatoms. The first-order valence-electron chi connectivity index (χ1n) is 9.84. The summed E-state index contributed by atoms with van der Waals surface area (Å²) in [6.07, 6.45) is 8.81. The standard InChI is InChI=1S/C22H22N6O/c1-14-7-9-24-13-15(14)20-12-16(23)22-19(25-20)6-5-17(26-22)18-8-10-28(27-18)21-4-2-3-11-29-21/h5-10,12-13,21H,2-4,11H2,1H3,(H2,23,25). The van der Waals surface area contributed by atoms with Crippen molar-refractivity contribution >= 4 is 16.7 Å². The number of rotatable bonds is 3. The Bertz CT molecular complexity index is 1180. The van der Waals surface area contributed by atoms with Crippen LogP contribution in [0, 0.1) is 6.92 Å². The summed E-state index contributed by atoms with van der Waals surface area (Å²) in [6.45, 7) is 2.82. The summed E-state index contributed by atoms with van der Waals surface area (Å²) in [5.41, 5.74) is 12.8. The van der Waals surface area contributed by atoms with Crippen molar-refractivity contribution in [2.24, 2.45) is 0 Å².